The summed E-state index contributed by atoms with van der Waals surface area (Å²) in [4.78, 5) is 19.8. The number of aromatic nitrogens is 1. The minimum absolute atomic E-state index is 0.205. The van der Waals surface area contributed by atoms with E-state index in [1.807, 2.05) is 30.3 Å². The zero-order chi connectivity index (χ0) is 25.3. The summed E-state index contributed by atoms with van der Waals surface area (Å²) in [6.45, 7) is 7.53. The average molecular weight is 492 g/mol. The lowest BCUT2D eigenvalue weighted by Crippen LogP contribution is -2.43. The number of piperidine rings is 1. The van der Waals surface area contributed by atoms with Crippen LogP contribution in [-0.2, 0) is 6.42 Å². The van der Waals surface area contributed by atoms with Gasteiger partial charge in [-0.3, -0.25) is 4.79 Å². The molecule has 1 atom stereocenters. The minimum atomic E-state index is -0.355. The summed E-state index contributed by atoms with van der Waals surface area (Å²) < 4.78 is 25.2. The topological polar surface area (TPSA) is 63.7 Å². The number of rotatable bonds is 10. The van der Waals surface area contributed by atoms with Gasteiger partial charge in [-0.05, 0) is 69.0 Å². The Balaban J connectivity index is 1.43. The summed E-state index contributed by atoms with van der Waals surface area (Å²) in [5, 5.41) is 3.06. The second-order valence-corrected chi connectivity index (χ2v) is 9.47. The van der Waals surface area contributed by atoms with Gasteiger partial charge in [0.05, 0.1) is 12.2 Å². The molecular formula is C29H34FN3O3. The van der Waals surface area contributed by atoms with E-state index in [-0.39, 0.29) is 17.6 Å². The van der Waals surface area contributed by atoms with Crippen molar-refractivity contribution < 1.29 is 18.7 Å². The lowest BCUT2D eigenvalue weighted by molar-refractivity contribution is 0.0922. The number of amides is 1. The fraction of sp³-hybridized carbons (Fsp3) is 0.379. The van der Waals surface area contributed by atoms with E-state index in [1.54, 1.807) is 6.07 Å². The van der Waals surface area contributed by atoms with Crippen LogP contribution in [0.5, 0.6) is 17.4 Å². The van der Waals surface area contributed by atoms with Crippen LogP contribution in [-0.4, -0.2) is 48.1 Å². The highest BCUT2D eigenvalue weighted by Gasteiger charge is 2.22. The molecule has 3 aromatic rings. The van der Waals surface area contributed by atoms with Crippen LogP contribution < -0.4 is 14.8 Å². The third-order valence-corrected chi connectivity index (χ3v) is 6.43. The molecule has 190 valence electrons. The average Bonchev–Trinajstić information content (AvgIpc) is 2.90. The molecule has 2 aromatic carbocycles. The van der Waals surface area contributed by atoms with Gasteiger partial charge in [-0.15, -0.1) is 0 Å². The number of pyridine rings is 1. The minimum Gasteiger partial charge on any atom is -0.475 e. The fourth-order valence-corrected chi connectivity index (χ4v) is 4.35. The molecule has 7 heteroatoms. The molecule has 1 saturated heterocycles. The zero-order valence-electron chi connectivity index (χ0n) is 21.0. The van der Waals surface area contributed by atoms with E-state index in [9.17, 15) is 9.18 Å². The van der Waals surface area contributed by atoms with Gasteiger partial charge >= 0.3 is 0 Å². The van der Waals surface area contributed by atoms with Crippen LogP contribution in [0.2, 0.25) is 0 Å². The largest absolute Gasteiger partial charge is 0.475 e. The second kappa shape index (κ2) is 12.5. The van der Waals surface area contributed by atoms with Crippen LogP contribution in [0, 0.1) is 11.7 Å². The summed E-state index contributed by atoms with van der Waals surface area (Å²) in [6.07, 6.45) is 4.46. The zero-order valence-corrected chi connectivity index (χ0v) is 21.0. The third-order valence-electron chi connectivity index (χ3n) is 6.43. The highest BCUT2D eigenvalue weighted by molar-refractivity contribution is 5.94. The van der Waals surface area contributed by atoms with Crippen molar-refractivity contribution >= 4 is 5.91 Å². The quantitative estimate of drug-likeness (QED) is 0.407. The molecule has 1 N–H and O–H groups in total. The first-order valence-corrected chi connectivity index (χ1v) is 12.6. The van der Waals surface area contributed by atoms with Crippen molar-refractivity contribution in [1.29, 1.82) is 0 Å². The molecule has 0 unspecified atom stereocenters. The van der Waals surface area contributed by atoms with Crippen molar-refractivity contribution in [2.75, 3.05) is 26.2 Å². The molecule has 1 aromatic heterocycles. The van der Waals surface area contributed by atoms with Crippen LogP contribution in [0.4, 0.5) is 4.39 Å². The van der Waals surface area contributed by atoms with Crippen LogP contribution in [0.25, 0.3) is 0 Å². The number of nitrogens with zero attached hydrogens (tertiary/aromatic N) is 2. The Kier molecular flexibility index (Phi) is 8.90. The van der Waals surface area contributed by atoms with Crippen LogP contribution in [0.1, 0.15) is 42.6 Å². The monoisotopic (exact) mass is 491 g/mol. The van der Waals surface area contributed by atoms with Gasteiger partial charge in [-0.1, -0.05) is 30.3 Å². The summed E-state index contributed by atoms with van der Waals surface area (Å²) in [6, 6.07) is 17.8. The van der Waals surface area contributed by atoms with Crippen LogP contribution >= 0.6 is 0 Å². The lowest BCUT2D eigenvalue weighted by atomic mass is 9.97. The molecule has 0 bridgehead atoms. The summed E-state index contributed by atoms with van der Waals surface area (Å²) in [5.41, 5.74) is 1.53. The van der Waals surface area contributed by atoms with Gasteiger partial charge in [0.15, 0.2) is 5.75 Å². The van der Waals surface area contributed by atoms with Crippen molar-refractivity contribution in [3.63, 3.8) is 0 Å². The van der Waals surface area contributed by atoms with E-state index in [2.05, 4.69) is 29.0 Å². The number of hydrogen-bond donors (Lipinski definition) is 1. The number of benzene rings is 2. The first-order chi connectivity index (χ1) is 17.5. The maximum Gasteiger partial charge on any atom is 0.257 e. The van der Waals surface area contributed by atoms with Crippen molar-refractivity contribution in [2.45, 2.75) is 39.2 Å². The smallest absolute Gasteiger partial charge is 0.257 e. The molecule has 1 aliphatic rings. The standard InChI is InChI=1S/C29H34FN3O3/c1-21(2)33-15-6-9-23(20-33)18-31-28(34)24-17-27(36-26-12-10-25(30)11-13-26)29(32-19-24)35-16-14-22-7-4-3-5-8-22/h3-5,7-8,10-13,17,19,21,23H,6,9,14-16,18,20H2,1-2H3,(H,31,34)/t23-/m1/s1. The molecule has 0 radical (unpaired) electrons. The van der Waals surface area contributed by atoms with E-state index < -0.39 is 0 Å². The SMILES string of the molecule is CC(C)N1CCC[C@H](CNC(=O)c2cnc(OCCc3ccccc3)c(Oc3ccc(F)cc3)c2)C1. The van der Waals surface area contributed by atoms with Crippen LogP contribution in [0.3, 0.4) is 0 Å². The van der Waals surface area contributed by atoms with Gasteiger partial charge in [-0.2, -0.15) is 0 Å². The Labute approximate surface area is 212 Å². The Morgan fingerprint density at radius 1 is 1.17 bits per heavy atom. The highest BCUT2D eigenvalue weighted by Crippen LogP contribution is 2.31. The van der Waals surface area contributed by atoms with Crippen molar-refractivity contribution in [3.05, 3.63) is 83.8 Å². The van der Waals surface area contributed by atoms with Crippen LogP contribution in [0.15, 0.2) is 66.9 Å². The molecule has 1 amide bonds. The third kappa shape index (κ3) is 7.28. The molecule has 1 fully saturated rings. The van der Waals surface area contributed by atoms with E-state index >= 15 is 0 Å². The summed E-state index contributed by atoms with van der Waals surface area (Å²) >= 11 is 0. The molecule has 0 spiro atoms. The van der Waals surface area contributed by atoms with E-state index in [1.165, 1.54) is 30.5 Å². The summed E-state index contributed by atoms with van der Waals surface area (Å²) in [5.74, 6) is 0.890. The normalized spacial score (nSPS) is 16.1. The molecular weight excluding hydrogens is 457 g/mol. The van der Waals surface area contributed by atoms with Crippen molar-refractivity contribution in [2.24, 2.45) is 5.92 Å². The van der Waals surface area contributed by atoms with E-state index in [0.717, 1.165) is 31.5 Å². The molecule has 6 nitrogen and oxygen atoms in total. The number of carbonyl (C=O) groups excluding carboxylic acids is 1. The number of hydrogen-bond acceptors (Lipinski definition) is 5. The van der Waals surface area contributed by atoms with E-state index in [0.29, 0.717) is 48.6 Å². The molecule has 4 rings (SSSR count). The predicted octanol–water partition coefficient (Wildman–Crippen LogP) is 5.48. The van der Waals surface area contributed by atoms with E-state index in [4.69, 9.17) is 9.47 Å². The van der Waals surface area contributed by atoms with Gasteiger partial charge in [0.2, 0.25) is 0 Å². The summed E-state index contributed by atoms with van der Waals surface area (Å²) in [7, 11) is 0. The van der Waals surface area contributed by atoms with Gasteiger partial charge < -0.3 is 19.7 Å². The number of likely N-dealkylation sites (tertiary alicyclic amines) is 1. The molecule has 1 aliphatic heterocycles. The molecule has 0 saturated carbocycles. The van der Waals surface area contributed by atoms with Gasteiger partial charge in [0, 0.05) is 37.8 Å². The Morgan fingerprint density at radius 3 is 2.69 bits per heavy atom. The maximum absolute atomic E-state index is 13.4. The van der Waals surface area contributed by atoms with Gasteiger partial charge in [0.1, 0.15) is 11.6 Å². The number of halogens is 1. The highest BCUT2D eigenvalue weighted by atomic mass is 19.1. The van der Waals surface area contributed by atoms with Gasteiger partial charge in [0.25, 0.3) is 11.8 Å². The predicted molar refractivity (Wildman–Crippen MR) is 138 cm³/mol. The first kappa shape index (κ1) is 25.6. The van der Waals surface area contributed by atoms with Crippen molar-refractivity contribution in [1.82, 2.24) is 15.2 Å². The maximum atomic E-state index is 13.4. The number of ether oxygens (including phenoxy) is 2. The second-order valence-electron chi connectivity index (χ2n) is 9.47. The molecule has 2 heterocycles. The lowest BCUT2D eigenvalue weighted by Gasteiger charge is -2.35. The fourth-order valence-electron chi connectivity index (χ4n) is 4.35. The first-order valence-electron chi connectivity index (χ1n) is 12.6. The molecule has 36 heavy (non-hydrogen) atoms. The number of carbonyl (C=O) groups is 1. The Hall–Kier alpha value is -3.45. The Morgan fingerprint density at radius 2 is 1.94 bits per heavy atom. The Bertz CT molecular complexity index is 1120. The van der Waals surface area contributed by atoms with Crippen molar-refractivity contribution in [3.8, 4) is 17.4 Å². The molecule has 0 aliphatic carbocycles. The number of nitrogens with one attached hydrogen (secondary N) is 1. The van der Waals surface area contributed by atoms with Gasteiger partial charge in [-0.25, -0.2) is 9.37 Å².